The summed E-state index contributed by atoms with van der Waals surface area (Å²) in [6.07, 6.45) is -2.66. The summed E-state index contributed by atoms with van der Waals surface area (Å²) in [6.45, 7) is 15.5. The minimum Gasteiger partial charge on any atom is -0.479 e. The fraction of sp³-hybridized carbons (Fsp3) is 0.952. The lowest BCUT2D eigenvalue weighted by molar-refractivity contribution is -0.325. The van der Waals surface area contributed by atoms with Crippen LogP contribution in [0.2, 0.25) is 18.1 Å². The van der Waals surface area contributed by atoms with E-state index in [2.05, 4.69) is 47.7 Å². The average Bonchev–Trinajstić information content (AvgIpc) is 2.63. The van der Waals surface area contributed by atoms with Crippen molar-refractivity contribution in [2.24, 2.45) is 5.41 Å². The van der Waals surface area contributed by atoms with Gasteiger partial charge in [0.15, 0.2) is 14.4 Å². The lowest BCUT2D eigenvalue weighted by Gasteiger charge is -2.54. The molecule has 0 bridgehead atoms. The molecular formula is C21H40O8Si. The molecule has 0 aliphatic carbocycles. The van der Waals surface area contributed by atoms with Gasteiger partial charge < -0.3 is 33.2 Å². The number of fused-ring (bicyclic) bond motifs is 1. The van der Waals surface area contributed by atoms with Gasteiger partial charge in [-0.25, -0.2) is 4.79 Å². The van der Waals surface area contributed by atoms with Gasteiger partial charge in [0.1, 0.15) is 19.0 Å². The van der Waals surface area contributed by atoms with E-state index in [0.717, 1.165) is 0 Å². The van der Waals surface area contributed by atoms with E-state index in [0.29, 0.717) is 13.0 Å². The van der Waals surface area contributed by atoms with E-state index in [1.54, 1.807) is 14.2 Å². The van der Waals surface area contributed by atoms with E-state index in [1.165, 1.54) is 0 Å². The largest absolute Gasteiger partial charge is 0.479 e. The number of rotatable bonds is 8. The molecule has 0 aromatic rings. The zero-order valence-electron chi connectivity index (χ0n) is 19.9. The lowest BCUT2D eigenvalue weighted by Crippen LogP contribution is -2.67. The van der Waals surface area contributed by atoms with Crippen LogP contribution in [-0.2, 0) is 32.9 Å². The van der Waals surface area contributed by atoms with Gasteiger partial charge in [0.2, 0.25) is 0 Å². The number of hydrogen-bond donors (Lipinski definition) is 1. The Kier molecular flexibility index (Phi) is 8.16. The first-order chi connectivity index (χ1) is 13.8. The Bertz CT molecular complexity index is 588. The molecule has 0 radical (unpaired) electrons. The van der Waals surface area contributed by atoms with E-state index in [1.807, 2.05) is 0 Å². The van der Waals surface area contributed by atoms with Crippen LogP contribution in [0.25, 0.3) is 0 Å². The van der Waals surface area contributed by atoms with Crippen molar-refractivity contribution in [1.29, 1.82) is 0 Å². The van der Waals surface area contributed by atoms with E-state index < -0.39 is 38.0 Å². The van der Waals surface area contributed by atoms with Gasteiger partial charge in [0.05, 0.1) is 24.9 Å². The number of carbonyl (C=O) groups is 1. The number of carboxylic acids is 1. The molecule has 0 saturated carbocycles. The second-order valence-electron chi connectivity index (χ2n) is 10.4. The van der Waals surface area contributed by atoms with Crippen molar-refractivity contribution in [2.75, 3.05) is 27.6 Å². The molecule has 176 valence electrons. The number of carboxylic acid groups (broad SMARTS) is 1. The molecule has 0 unspecified atom stereocenters. The quantitative estimate of drug-likeness (QED) is 0.567. The maximum Gasteiger partial charge on any atom is 0.335 e. The average molecular weight is 449 g/mol. The van der Waals surface area contributed by atoms with Crippen LogP contribution < -0.4 is 0 Å². The monoisotopic (exact) mass is 448 g/mol. The molecule has 1 N–H and O–H groups in total. The van der Waals surface area contributed by atoms with Crippen LogP contribution in [0.3, 0.4) is 0 Å². The summed E-state index contributed by atoms with van der Waals surface area (Å²) in [4.78, 5) is 11.7. The Morgan fingerprint density at radius 3 is 2.33 bits per heavy atom. The van der Waals surface area contributed by atoms with Gasteiger partial charge in [-0.2, -0.15) is 0 Å². The van der Waals surface area contributed by atoms with Crippen LogP contribution in [0.4, 0.5) is 0 Å². The summed E-state index contributed by atoms with van der Waals surface area (Å²) in [5.74, 6) is -1.06. The summed E-state index contributed by atoms with van der Waals surface area (Å²) in [7, 11) is 1.36. The second-order valence-corrected chi connectivity index (χ2v) is 15.2. The lowest BCUT2D eigenvalue weighted by atomic mass is 9.72. The smallest absolute Gasteiger partial charge is 0.335 e. The molecule has 6 atom stereocenters. The van der Waals surface area contributed by atoms with Crippen LogP contribution in [0.1, 0.15) is 41.0 Å². The zero-order chi connectivity index (χ0) is 22.9. The van der Waals surface area contributed by atoms with Gasteiger partial charge in [-0.15, -0.1) is 0 Å². The Morgan fingerprint density at radius 1 is 1.20 bits per heavy atom. The molecule has 8 nitrogen and oxygen atoms in total. The van der Waals surface area contributed by atoms with E-state index in [-0.39, 0.29) is 30.1 Å². The third-order valence-electron chi connectivity index (χ3n) is 7.06. The predicted molar refractivity (Wildman–Crippen MR) is 114 cm³/mol. The number of ether oxygens (including phenoxy) is 5. The molecule has 2 aliphatic rings. The Labute approximate surface area is 181 Å². The molecular weight excluding hydrogens is 408 g/mol. The normalized spacial score (nSPS) is 33.0. The maximum atomic E-state index is 11.7. The summed E-state index contributed by atoms with van der Waals surface area (Å²) in [5, 5.41) is 9.69. The van der Waals surface area contributed by atoms with Gasteiger partial charge in [0, 0.05) is 26.1 Å². The Hall–Kier alpha value is -0.553. The molecule has 0 amide bonds. The molecule has 0 aromatic carbocycles. The summed E-state index contributed by atoms with van der Waals surface area (Å²) in [6, 6.07) is 0. The highest BCUT2D eigenvalue weighted by atomic mass is 28.4. The summed E-state index contributed by atoms with van der Waals surface area (Å²) in [5.41, 5.74) is -0.427. The molecule has 0 spiro atoms. The zero-order valence-corrected chi connectivity index (χ0v) is 20.9. The van der Waals surface area contributed by atoms with Gasteiger partial charge in [-0.3, -0.25) is 0 Å². The van der Waals surface area contributed by atoms with Gasteiger partial charge >= 0.3 is 5.97 Å². The predicted octanol–water partition coefficient (Wildman–Crippen LogP) is 3.05. The first-order valence-corrected chi connectivity index (χ1v) is 13.5. The highest BCUT2D eigenvalue weighted by Crippen LogP contribution is 2.44. The third-order valence-corrected chi connectivity index (χ3v) is 11.6. The molecule has 2 heterocycles. The van der Waals surface area contributed by atoms with Crippen LogP contribution in [0.5, 0.6) is 0 Å². The summed E-state index contributed by atoms with van der Waals surface area (Å²) >= 11 is 0. The maximum absolute atomic E-state index is 11.7. The van der Waals surface area contributed by atoms with E-state index in [9.17, 15) is 9.90 Å². The van der Waals surface area contributed by atoms with Crippen molar-refractivity contribution in [3.63, 3.8) is 0 Å². The van der Waals surface area contributed by atoms with Crippen molar-refractivity contribution in [1.82, 2.24) is 0 Å². The van der Waals surface area contributed by atoms with Crippen molar-refractivity contribution >= 4 is 14.3 Å². The fourth-order valence-corrected chi connectivity index (χ4v) is 4.97. The minimum atomic E-state index is -1.92. The fourth-order valence-electron chi connectivity index (χ4n) is 3.93. The minimum absolute atomic E-state index is 0.0941. The van der Waals surface area contributed by atoms with Crippen molar-refractivity contribution in [3.8, 4) is 0 Å². The SMILES string of the molecule is CO[C@H](CO[Si](C)(C)C(C)(C)C)C[C@H]1O[C@H]2[C@H](OCO[C@@H]2C(=O)O)[C@@H](OC)C1(C)C. The molecule has 9 heteroatoms. The first kappa shape index (κ1) is 25.7. The van der Waals surface area contributed by atoms with Crippen molar-refractivity contribution in [2.45, 2.75) is 95.8 Å². The van der Waals surface area contributed by atoms with E-state index in [4.69, 9.17) is 28.1 Å². The second kappa shape index (κ2) is 9.52. The molecule has 2 fully saturated rings. The number of hydrogen-bond acceptors (Lipinski definition) is 7. The third kappa shape index (κ3) is 5.25. The van der Waals surface area contributed by atoms with Crippen LogP contribution >= 0.6 is 0 Å². The van der Waals surface area contributed by atoms with Crippen LogP contribution in [-0.4, -0.2) is 83.6 Å². The van der Waals surface area contributed by atoms with Crippen molar-refractivity contribution < 1.29 is 38.0 Å². The van der Waals surface area contributed by atoms with Crippen LogP contribution in [0.15, 0.2) is 0 Å². The number of aliphatic carboxylic acids is 1. The molecule has 2 rings (SSSR count). The molecule has 30 heavy (non-hydrogen) atoms. The van der Waals surface area contributed by atoms with Gasteiger partial charge in [0.25, 0.3) is 0 Å². The van der Waals surface area contributed by atoms with Crippen LogP contribution in [0, 0.1) is 5.41 Å². The van der Waals surface area contributed by atoms with Gasteiger partial charge in [-0.05, 0) is 18.1 Å². The summed E-state index contributed by atoms with van der Waals surface area (Å²) < 4.78 is 35.2. The topological polar surface area (TPSA) is 92.7 Å². The molecule has 0 aromatic heterocycles. The molecule has 2 saturated heterocycles. The Balaban J connectivity index is 2.18. The van der Waals surface area contributed by atoms with E-state index >= 15 is 0 Å². The standard InChI is InChI=1S/C21H40O8Si/c1-20(2,3)30(8,9)28-11-13(24-6)10-14-21(4,5)18(25-7)16-15(29-14)17(19(22)23)27-12-26-16/h13-18H,10-12H2,1-9H3,(H,22,23)/t13-,14+,15-,16-,17-,18+/m0/s1. The Morgan fingerprint density at radius 2 is 1.83 bits per heavy atom. The van der Waals surface area contributed by atoms with Crippen molar-refractivity contribution in [3.05, 3.63) is 0 Å². The number of methoxy groups -OCH3 is 2. The highest BCUT2D eigenvalue weighted by Gasteiger charge is 2.57. The first-order valence-electron chi connectivity index (χ1n) is 10.6. The molecule has 2 aliphatic heterocycles. The highest BCUT2D eigenvalue weighted by molar-refractivity contribution is 6.74. The van der Waals surface area contributed by atoms with Gasteiger partial charge in [-0.1, -0.05) is 34.6 Å².